The minimum atomic E-state index is -0.148. The maximum absolute atomic E-state index is 13.1. The van der Waals surface area contributed by atoms with Crippen LogP contribution in [0.2, 0.25) is 0 Å². The van der Waals surface area contributed by atoms with Gasteiger partial charge in [-0.05, 0) is 54.2 Å². The number of rotatable bonds is 6. The summed E-state index contributed by atoms with van der Waals surface area (Å²) in [5, 5.41) is 13.6. The van der Waals surface area contributed by atoms with Gasteiger partial charge in [-0.25, -0.2) is 0 Å². The number of hydrogen-bond donors (Lipinski definition) is 1. The largest absolute Gasteiger partial charge is 0.455 e. The van der Waals surface area contributed by atoms with Crippen molar-refractivity contribution in [2.75, 3.05) is 6.54 Å². The standard InChI is InChI=1S/C30H28N2O2/c1-19(2)18-32-30(33)28-26-7-5-6-8-27(26)34-29(28)24-13-11-23(12-14-24)25(17-31)16-22-10-9-20(3)21(4)15-22/h5-16,19H,18H2,1-4H3,(H,32,33)/b25-16+. The van der Waals surface area contributed by atoms with E-state index in [0.29, 0.717) is 34.9 Å². The third-order valence-corrected chi connectivity index (χ3v) is 5.91. The van der Waals surface area contributed by atoms with Crippen LogP contribution in [0.4, 0.5) is 0 Å². The van der Waals surface area contributed by atoms with Crippen LogP contribution >= 0.6 is 0 Å². The van der Waals surface area contributed by atoms with Gasteiger partial charge in [0.25, 0.3) is 5.91 Å². The van der Waals surface area contributed by atoms with Crippen LogP contribution in [-0.4, -0.2) is 12.5 Å². The Hall–Kier alpha value is -4.10. The van der Waals surface area contributed by atoms with Crippen molar-refractivity contribution in [1.29, 1.82) is 5.26 Å². The summed E-state index contributed by atoms with van der Waals surface area (Å²) in [4.78, 5) is 13.1. The number of nitriles is 1. The first kappa shape index (κ1) is 23.1. The molecule has 170 valence electrons. The number of nitrogens with zero attached hydrogens (tertiary/aromatic N) is 1. The number of carbonyl (C=O) groups is 1. The van der Waals surface area contributed by atoms with E-state index in [1.807, 2.05) is 60.7 Å². The zero-order chi connectivity index (χ0) is 24.2. The Balaban J connectivity index is 1.71. The van der Waals surface area contributed by atoms with Gasteiger partial charge < -0.3 is 9.73 Å². The first-order valence-electron chi connectivity index (χ1n) is 11.5. The molecular weight excluding hydrogens is 420 g/mol. The second kappa shape index (κ2) is 9.80. The van der Waals surface area contributed by atoms with E-state index in [-0.39, 0.29) is 5.91 Å². The summed E-state index contributed by atoms with van der Waals surface area (Å²) in [6.07, 6.45) is 1.90. The highest BCUT2D eigenvalue weighted by Gasteiger charge is 2.22. The van der Waals surface area contributed by atoms with Gasteiger partial charge >= 0.3 is 0 Å². The van der Waals surface area contributed by atoms with Gasteiger partial charge in [0.15, 0.2) is 0 Å². The summed E-state index contributed by atoms with van der Waals surface area (Å²) in [7, 11) is 0. The monoisotopic (exact) mass is 448 g/mol. The summed E-state index contributed by atoms with van der Waals surface area (Å²) < 4.78 is 6.12. The molecule has 1 aromatic heterocycles. The minimum absolute atomic E-state index is 0.148. The number of carbonyl (C=O) groups excluding carboxylic acids is 1. The van der Waals surface area contributed by atoms with E-state index in [2.05, 4.69) is 51.2 Å². The van der Waals surface area contributed by atoms with Gasteiger partial charge in [-0.1, -0.05) is 74.5 Å². The number of fused-ring (bicyclic) bond motifs is 1. The fourth-order valence-electron chi connectivity index (χ4n) is 3.86. The van der Waals surface area contributed by atoms with Gasteiger partial charge in [-0.3, -0.25) is 4.79 Å². The van der Waals surface area contributed by atoms with Gasteiger partial charge in [0.05, 0.1) is 17.2 Å². The molecule has 3 aromatic carbocycles. The molecule has 1 amide bonds. The normalized spacial score (nSPS) is 11.6. The summed E-state index contributed by atoms with van der Waals surface area (Å²) in [5.74, 6) is 0.731. The lowest BCUT2D eigenvalue weighted by Gasteiger charge is -2.09. The van der Waals surface area contributed by atoms with Crippen LogP contribution in [0.1, 0.15) is 46.5 Å². The van der Waals surface area contributed by atoms with Crippen molar-refractivity contribution >= 4 is 28.5 Å². The highest BCUT2D eigenvalue weighted by Crippen LogP contribution is 2.34. The topological polar surface area (TPSA) is 66.0 Å². The number of furan rings is 1. The molecule has 4 heteroatoms. The predicted octanol–water partition coefficient (Wildman–Crippen LogP) is 7.17. The van der Waals surface area contributed by atoms with Crippen molar-refractivity contribution in [2.45, 2.75) is 27.7 Å². The van der Waals surface area contributed by atoms with Gasteiger partial charge in [0, 0.05) is 17.5 Å². The molecule has 4 aromatic rings. The molecule has 4 nitrogen and oxygen atoms in total. The maximum Gasteiger partial charge on any atom is 0.255 e. The molecule has 0 aliphatic rings. The third kappa shape index (κ3) is 4.79. The second-order valence-corrected chi connectivity index (χ2v) is 9.00. The average molecular weight is 449 g/mol. The molecule has 4 rings (SSSR count). The number of aryl methyl sites for hydroxylation is 2. The molecule has 0 aliphatic heterocycles. The molecule has 0 saturated carbocycles. The molecule has 1 heterocycles. The Morgan fingerprint density at radius 1 is 1.03 bits per heavy atom. The molecule has 0 saturated heterocycles. The summed E-state index contributed by atoms with van der Waals surface area (Å²) >= 11 is 0. The van der Waals surface area contributed by atoms with E-state index in [0.717, 1.165) is 22.1 Å². The quantitative estimate of drug-likeness (QED) is 0.251. The molecule has 0 fully saturated rings. The highest BCUT2D eigenvalue weighted by atomic mass is 16.3. The van der Waals surface area contributed by atoms with Crippen molar-refractivity contribution in [1.82, 2.24) is 5.32 Å². The van der Waals surface area contributed by atoms with Crippen LogP contribution in [0, 0.1) is 31.1 Å². The van der Waals surface area contributed by atoms with Gasteiger partial charge in [0.1, 0.15) is 11.3 Å². The fraction of sp³-hybridized carbons (Fsp3) is 0.200. The Morgan fingerprint density at radius 2 is 1.76 bits per heavy atom. The molecule has 0 atom stereocenters. The number of benzene rings is 3. The smallest absolute Gasteiger partial charge is 0.255 e. The van der Waals surface area contributed by atoms with E-state index >= 15 is 0 Å². The Kier molecular flexibility index (Phi) is 6.65. The first-order chi connectivity index (χ1) is 16.4. The van der Waals surface area contributed by atoms with Crippen LogP contribution in [0.25, 0.3) is 33.9 Å². The van der Waals surface area contributed by atoms with Crippen molar-refractivity contribution in [3.63, 3.8) is 0 Å². The van der Waals surface area contributed by atoms with E-state index in [4.69, 9.17) is 4.42 Å². The molecule has 0 bridgehead atoms. The van der Waals surface area contributed by atoms with Crippen molar-refractivity contribution in [3.8, 4) is 17.4 Å². The molecule has 0 radical (unpaired) electrons. The summed E-state index contributed by atoms with van der Waals surface area (Å²) in [6.45, 7) is 8.85. The SMILES string of the molecule is Cc1ccc(/C=C(\C#N)c2ccc(-c3oc4ccccc4c3C(=O)NCC(C)C)cc2)cc1C. The average Bonchev–Trinajstić information content (AvgIpc) is 3.23. The zero-order valence-corrected chi connectivity index (χ0v) is 20.0. The van der Waals surface area contributed by atoms with E-state index in [1.54, 1.807) is 0 Å². The van der Waals surface area contributed by atoms with Crippen LogP contribution < -0.4 is 5.32 Å². The number of para-hydroxylation sites is 1. The molecule has 1 N–H and O–H groups in total. The lowest BCUT2D eigenvalue weighted by atomic mass is 9.99. The van der Waals surface area contributed by atoms with Gasteiger partial charge in [0.2, 0.25) is 0 Å². The fourth-order valence-corrected chi connectivity index (χ4v) is 3.86. The first-order valence-corrected chi connectivity index (χ1v) is 11.5. The van der Waals surface area contributed by atoms with Crippen LogP contribution in [0.3, 0.4) is 0 Å². The maximum atomic E-state index is 13.1. The number of amides is 1. The second-order valence-electron chi connectivity index (χ2n) is 9.00. The molecule has 0 aliphatic carbocycles. The molecule has 0 spiro atoms. The Labute approximate surface area is 200 Å². The number of hydrogen-bond acceptors (Lipinski definition) is 3. The molecular formula is C30H28N2O2. The third-order valence-electron chi connectivity index (χ3n) is 5.91. The van der Waals surface area contributed by atoms with Crippen LogP contribution in [0.5, 0.6) is 0 Å². The highest BCUT2D eigenvalue weighted by molar-refractivity contribution is 6.11. The Morgan fingerprint density at radius 3 is 2.44 bits per heavy atom. The lowest BCUT2D eigenvalue weighted by Crippen LogP contribution is -2.27. The minimum Gasteiger partial charge on any atom is -0.455 e. The van der Waals surface area contributed by atoms with Crippen molar-refractivity contribution < 1.29 is 9.21 Å². The number of nitrogens with one attached hydrogen (secondary N) is 1. The van der Waals surface area contributed by atoms with Crippen molar-refractivity contribution in [2.24, 2.45) is 5.92 Å². The molecule has 34 heavy (non-hydrogen) atoms. The van der Waals surface area contributed by atoms with Crippen molar-refractivity contribution in [3.05, 3.63) is 94.5 Å². The van der Waals surface area contributed by atoms with Crippen LogP contribution in [0.15, 0.2) is 71.1 Å². The summed E-state index contributed by atoms with van der Waals surface area (Å²) in [6, 6.07) is 23.6. The zero-order valence-electron chi connectivity index (χ0n) is 20.0. The van der Waals surface area contributed by atoms with Crippen LogP contribution in [-0.2, 0) is 0 Å². The Bertz CT molecular complexity index is 1420. The van der Waals surface area contributed by atoms with Gasteiger partial charge in [-0.15, -0.1) is 0 Å². The number of allylic oxidation sites excluding steroid dienone is 1. The van der Waals surface area contributed by atoms with Gasteiger partial charge in [-0.2, -0.15) is 5.26 Å². The predicted molar refractivity (Wildman–Crippen MR) is 138 cm³/mol. The summed E-state index contributed by atoms with van der Waals surface area (Å²) in [5.41, 5.74) is 6.79. The molecule has 0 unspecified atom stereocenters. The van der Waals surface area contributed by atoms with E-state index in [1.165, 1.54) is 11.1 Å². The lowest BCUT2D eigenvalue weighted by molar-refractivity contribution is 0.0950. The van der Waals surface area contributed by atoms with E-state index in [9.17, 15) is 10.1 Å². The van der Waals surface area contributed by atoms with E-state index < -0.39 is 0 Å².